The van der Waals surface area contributed by atoms with Crippen molar-refractivity contribution in [2.75, 3.05) is 7.11 Å². The van der Waals surface area contributed by atoms with E-state index in [9.17, 15) is 5.11 Å². The van der Waals surface area contributed by atoms with Crippen molar-refractivity contribution in [3.63, 3.8) is 0 Å². The van der Waals surface area contributed by atoms with Gasteiger partial charge in [-0.2, -0.15) is 0 Å². The van der Waals surface area contributed by atoms with E-state index in [4.69, 9.17) is 9.47 Å². The lowest BCUT2D eigenvalue weighted by Crippen LogP contribution is -2.07. The predicted octanol–water partition coefficient (Wildman–Crippen LogP) is 4.67. The third-order valence-electron chi connectivity index (χ3n) is 4.12. The van der Waals surface area contributed by atoms with Crippen molar-refractivity contribution in [1.29, 1.82) is 0 Å². The lowest BCUT2D eigenvalue weighted by molar-refractivity contribution is 0.215. The van der Waals surface area contributed by atoms with Gasteiger partial charge in [0.2, 0.25) is 0 Å². The number of benzene rings is 2. The summed E-state index contributed by atoms with van der Waals surface area (Å²) in [7, 11) is 1.55. The van der Waals surface area contributed by atoms with Gasteiger partial charge in [0, 0.05) is 11.5 Å². The van der Waals surface area contributed by atoms with Crippen molar-refractivity contribution in [1.82, 2.24) is 0 Å². The predicted molar refractivity (Wildman–Crippen MR) is 87.6 cm³/mol. The quantitative estimate of drug-likeness (QED) is 0.894. The standard InChI is InChI=1S/C19H20O3/c1-4-5-13-6-9-17-15(10-13)12(2)19(22-17)14-7-8-16(20)18(11-14)21-3/h4-12,19-20H,1-3H3/b5-4+. The minimum atomic E-state index is -0.0645. The topological polar surface area (TPSA) is 38.7 Å². The van der Waals surface area contributed by atoms with E-state index in [1.54, 1.807) is 13.2 Å². The Morgan fingerprint density at radius 3 is 2.73 bits per heavy atom. The van der Waals surface area contributed by atoms with E-state index in [-0.39, 0.29) is 17.8 Å². The fourth-order valence-corrected chi connectivity index (χ4v) is 2.96. The Morgan fingerprint density at radius 2 is 2.00 bits per heavy atom. The highest BCUT2D eigenvalue weighted by Crippen LogP contribution is 2.47. The zero-order valence-electron chi connectivity index (χ0n) is 13.0. The van der Waals surface area contributed by atoms with Crippen LogP contribution in [-0.2, 0) is 0 Å². The normalized spacial score (nSPS) is 20.0. The lowest BCUT2D eigenvalue weighted by atomic mass is 9.92. The monoisotopic (exact) mass is 296 g/mol. The van der Waals surface area contributed by atoms with E-state index in [1.807, 2.05) is 31.2 Å². The fraction of sp³-hybridized carbons (Fsp3) is 0.263. The Balaban J connectivity index is 1.95. The zero-order chi connectivity index (χ0) is 15.7. The van der Waals surface area contributed by atoms with Crippen molar-refractivity contribution in [2.24, 2.45) is 0 Å². The minimum Gasteiger partial charge on any atom is -0.504 e. The maximum absolute atomic E-state index is 9.74. The molecule has 0 aromatic heterocycles. The molecule has 3 rings (SSSR count). The molecule has 0 radical (unpaired) electrons. The Hall–Kier alpha value is -2.42. The maximum Gasteiger partial charge on any atom is 0.160 e. The van der Waals surface area contributed by atoms with Gasteiger partial charge in [0.25, 0.3) is 0 Å². The number of aromatic hydroxyl groups is 1. The van der Waals surface area contributed by atoms with E-state index >= 15 is 0 Å². The van der Waals surface area contributed by atoms with Gasteiger partial charge in [0.15, 0.2) is 11.5 Å². The van der Waals surface area contributed by atoms with E-state index in [0.29, 0.717) is 5.75 Å². The zero-order valence-corrected chi connectivity index (χ0v) is 13.0. The molecule has 2 atom stereocenters. The van der Waals surface area contributed by atoms with Gasteiger partial charge < -0.3 is 14.6 Å². The maximum atomic E-state index is 9.74. The molecule has 3 nitrogen and oxygen atoms in total. The number of fused-ring (bicyclic) bond motifs is 1. The van der Waals surface area contributed by atoms with Crippen LogP contribution >= 0.6 is 0 Å². The van der Waals surface area contributed by atoms with Crippen molar-refractivity contribution >= 4 is 6.08 Å². The van der Waals surface area contributed by atoms with E-state index < -0.39 is 0 Å². The molecule has 1 N–H and O–H groups in total. The van der Waals surface area contributed by atoms with Crippen molar-refractivity contribution in [3.05, 3.63) is 59.2 Å². The molecule has 1 aliphatic heterocycles. The first-order chi connectivity index (χ1) is 10.6. The number of phenolic OH excluding ortho intramolecular Hbond substituents is 1. The highest BCUT2D eigenvalue weighted by Gasteiger charge is 2.32. The Labute approximate surface area is 130 Å². The second-order valence-corrected chi connectivity index (χ2v) is 5.56. The smallest absolute Gasteiger partial charge is 0.160 e. The first-order valence-corrected chi connectivity index (χ1v) is 7.44. The Morgan fingerprint density at radius 1 is 1.18 bits per heavy atom. The number of hydrogen-bond acceptors (Lipinski definition) is 3. The number of phenols is 1. The van der Waals surface area contributed by atoms with E-state index in [1.165, 1.54) is 11.1 Å². The molecule has 2 unspecified atom stereocenters. The third kappa shape index (κ3) is 2.43. The SMILES string of the molecule is C/C=C/c1ccc2c(c1)C(C)C(c1ccc(O)c(OC)c1)O2. The molecule has 0 bridgehead atoms. The van der Waals surface area contributed by atoms with Crippen LogP contribution in [0.5, 0.6) is 17.2 Å². The summed E-state index contributed by atoms with van der Waals surface area (Å²) in [4.78, 5) is 0. The summed E-state index contributed by atoms with van der Waals surface area (Å²) in [5.74, 6) is 1.79. The summed E-state index contributed by atoms with van der Waals surface area (Å²) < 4.78 is 11.3. The van der Waals surface area contributed by atoms with Crippen LogP contribution in [0.15, 0.2) is 42.5 Å². The third-order valence-corrected chi connectivity index (χ3v) is 4.12. The highest BCUT2D eigenvalue weighted by atomic mass is 16.5. The van der Waals surface area contributed by atoms with Gasteiger partial charge in [0.05, 0.1) is 7.11 Å². The average molecular weight is 296 g/mol. The van der Waals surface area contributed by atoms with Crippen LogP contribution in [0.3, 0.4) is 0 Å². The van der Waals surface area contributed by atoms with Crippen LogP contribution in [0.2, 0.25) is 0 Å². The molecule has 0 amide bonds. The van der Waals surface area contributed by atoms with Crippen molar-refractivity contribution in [3.8, 4) is 17.2 Å². The van der Waals surface area contributed by atoms with Gasteiger partial charge in [-0.15, -0.1) is 0 Å². The Bertz CT molecular complexity index is 719. The molecule has 3 heteroatoms. The molecule has 0 saturated heterocycles. The highest BCUT2D eigenvalue weighted by molar-refractivity contribution is 5.56. The summed E-state index contributed by atoms with van der Waals surface area (Å²) in [6.45, 7) is 4.17. The molecule has 0 aliphatic carbocycles. The van der Waals surface area contributed by atoms with Gasteiger partial charge in [-0.3, -0.25) is 0 Å². The molecule has 0 spiro atoms. The molecule has 1 aliphatic rings. The molecule has 2 aromatic rings. The summed E-state index contributed by atoms with van der Waals surface area (Å²) >= 11 is 0. The number of hydrogen-bond donors (Lipinski definition) is 1. The van der Waals surface area contributed by atoms with Crippen LogP contribution in [0.25, 0.3) is 6.08 Å². The number of allylic oxidation sites excluding steroid dienone is 1. The van der Waals surface area contributed by atoms with Gasteiger partial charge in [-0.25, -0.2) is 0 Å². The summed E-state index contributed by atoms with van der Waals surface area (Å²) in [6, 6.07) is 11.6. The van der Waals surface area contributed by atoms with Gasteiger partial charge >= 0.3 is 0 Å². The molecule has 22 heavy (non-hydrogen) atoms. The van der Waals surface area contributed by atoms with Crippen LogP contribution in [0, 0.1) is 0 Å². The number of methoxy groups -OCH3 is 1. The van der Waals surface area contributed by atoms with Gasteiger partial charge in [-0.05, 0) is 42.3 Å². The molecule has 1 heterocycles. The number of ether oxygens (including phenoxy) is 2. The van der Waals surface area contributed by atoms with Crippen LogP contribution in [-0.4, -0.2) is 12.2 Å². The summed E-state index contributed by atoms with van der Waals surface area (Å²) in [5.41, 5.74) is 3.40. The van der Waals surface area contributed by atoms with E-state index in [0.717, 1.165) is 11.3 Å². The molecule has 0 saturated carbocycles. The Kier molecular flexibility index (Phi) is 3.80. The van der Waals surface area contributed by atoms with Crippen molar-refractivity contribution in [2.45, 2.75) is 25.9 Å². The first kappa shape index (κ1) is 14.5. The molecular formula is C19H20O3. The first-order valence-electron chi connectivity index (χ1n) is 7.44. The molecule has 2 aromatic carbocycles. The molecule has 114 valence electrons. The van der Waals surface area contributed by atoms with Gasteiger partial charge in [0.1, 0.15) is 11.9 Å². The van der Waals surface area contributed by atoms with E-state index in [2.05, 4.69) is 25.1 Å². The fourth-order valence-electron chi connectivity index (χ4n) is 2.96. The lowest BCUT2D eigenvalue weighted by Gasteiger charge is -2.17. The molecular weight excluding hydrogens is 276 g/mol. The summed E-state index contributed by atoms with van der Waals surface area (Å²) in [5, 5.41) is 9.74. The largest absolute Gasteiger partial charge is 0.504 e. The average Bonchev–Trinajstić information content (AvgIpc) is 2.85. The minimum absolute atomic E-state index is 0.0645. The van der Waals surface area contributed by atoms with Crippen LogP contribution in [0.4, 0.5) is 0 Å². The van der Waals surface area contributed by atoms with Gasteiger partial charge in [-0.1, -0.05) is 31.2 Å². The van der Waals surface area contributed by atoms with Crippen LogP contribution in [0.1, 0.15) is 42.6 Å². The summed E-state index contributed by atoms with van der Waals surface area (Å²) in [6.07, 6.45) is 4.05. The van der Waals surface area contributed by atoms with Crippen molar-refractivity contribution < 1.29 is 14.6 Å². The number of rotatable bonds is 3. The second-order valence-electron chi connectivity index (χ2n) is 5.56. The molecule has 0 fully saturated rings. The van der Waals surface area contributed by atoms with Crippen LogP contribution < -0.4 is 9.47 Å². The second kappa shape index (κ2) is 5.76.